The summed E-state index contributed by atoms with van der Waals surface area (Å²) in [6, 6.07) is 8.05. The van der Waals surface area contributed by atoms with E-state index in [-0.39, 0.29) is 5.75 Å². The molecule has 0 aliphatic rings. The van der Waals surface area contributed by atoms with Crippen molar-refractivity contribution >= 4 is 31.3 Å². The van der Waals surface area contributed by atoms with Crippen LogP contribution in [0.2, 0.25) is 0 Å². The van der Waals surface area contributed by atoms with Gasteiger partial charge in [-0.1, -0.05) is 12.1 Å². The predicted molar refractivity (Wildman–Crippen MR) is 65.1 cm³/mol. The Hall–Kier alpha value is -0.870. The molecular weight excluding hydrogens is 228 g/mol. The number of hydrogen-bond donors (Lipinski definition) is 0. The van der Waals surface area contributed by atoms with Crippen LogP contribution in [0.15, 0.2) is 24.3 Å². The molecule has 0 bridgehead atoms. The van der Waals surface area contributed by atoms with E-state index in [0.717, 1.165) is 9.58 Å². The molecule has 1 aromatic heterocycles. The molecule has 15 heavy (non-hydrogen) atoms. The lowest BCUT2D eigenvalue weighted by Gasteiger charge is -1.92. The van der Waals surface area contributed by atoms with Gasteiger partial charge in [0.2, 0.25) is 0 Å². The smallest absolute Gasteiger partial charge is 0.152 e. The average molecular weight is 240 g/mol. The van der Waals surface area contributed by atoms with E-state index in [2.05, 4.69) is 0 Å². The fourth-order valence-corrected chi connectivity index (χ4v) is 4.00. The Morgan fingerprint density at radius 3 is 2.67 bits per heavy atom. The molecule has 2 nitrogen and oxygen atoms in total. The van der Waals surface area contributed by atoms with Gasteiger partial charge in [0.1, 0.15) is 0 Å². The maximum atomic E-state index is 11.2. The summed E-state index contributed by atoms with van der Waals surface area (Å²) >= 11 is 1.56. The zero-order valence-electron chi connectivity index (χ0n) is 8.65. The van der Waals surface area contributed by atoms with Crippen LogP contribution in [0.4, 0.5) is 0 Å². The Morgan fingerprint density at radius 2 is 2.07 bits per heavy atom. The lowest BCUT2D eigenvalue weighted by Crippen LogP contribution is -1.98. The second-order valence-corrected chi connectivity index (χ2v) is 7.08. The number of rotatable bonds is 2. The van der Waals surface area contributed by atoms with E-state index in [1.54, 1.807) is 11.3 Å². The normalized spacial score (nSPS) is 12.1. The van der Waals surface area contributed by atoms with Gasteiger partial charge in [0.05, 0.1) is 5.75 Å². The molecule has 2 rings (SSSR count). The van der Waals surface area contributed by atoms with E-state index >= 15 is 0 Å². The summed E-state index contributed by atoms with van der Waals surface area (Å²) < 4.78 is 23.5. The second-order valence-electron chi connectivity index (χ2n) is 3.77. The molecule has 0 unspecified atom stereocenters. The molecule has 1 aromatic carbocycles. The lowest BCUT2D eigenvalue weighted by atomic mass is 10.1. The summed E-state index contributed by atoms with van der Waals surface area (Å²) in [4.78, 5) is 0.918. The molecule has 0 radical (unpaired) electrons. The van der Waals surface area contributed by atoms with Crippen LogP contribution in [-0.2, 0) is 15.6 Å². The average Bonchev–Trinajstić information content (AvgIpc) is 2.45. The number of sulfone groups is 1. The highest BCUT2D eigenvalue weighted by Gasteiger charge is 2.09. The Kier molecular flexibility index (Phi) is 2.56. The third-order valence-corrected chi connectivity index (χ3v) is 4.35. The summed E-state index contributed by atoms with van der Waals surface area (Å²) in [5.41, 5.74) is 1.20. The zero-order valence-corrected chi connectivity index (χ0v) is 10.3. The Bertz CT molecular complexity index is 594. The van der Waals surface area contributed by atoms with Crippen LogP contribution in [0, 0.1) is 6.92 Å². The van der Waals surface area contributed by atoms with Crippen molar-refractivity contribution in [3.05, 3.63) is 34.7 Å². The topological polar surface area (TPSA) is 34.1 Å². The second kappa shape index (κ2) is 3.61. The van der Waals surface area contributed by atoms with Crippen LogP contribution in [0.25, 0.3) is 10.1 Å². The highest BCUT2D eigenvalue weighted by molar-refractivity contribution is 7.90. The van der Waals surface area contributed by atoms with Gasteiger partial charge in [-0.3, -0.25) is 0 Å². The van der Waals surface area contributed by atoms with Gasteiger partial charge in [-0.15, -0.1) is 11.3 Å². The van der Waals surface area contributed by atoms with Crippen molar-refractivity contribution < 1.29 is 8.42 Å². The van der Waals surface area contributed by atoms with E-state index in [9.17, 15) is 8.42 Å². The fourth-order valence-electron chi connectivity index (χ4n) is 1.59. The summed E-state index contributed by atoms with van der Waals surface area (Å²) in [6.45, 7) is 2.04. The molecule has 0 amide bonds. The molecule has 2 aromatic rings. The Balaban J connectivity index is 2.53. The van der Waals surface area contributed by atoms with Gasteiger partial charge < -0.3 is 0 Å². The fraction of sp³-hybridized carbons (Fsp3) is 0.273. The first kappa shape index (κ1) is 10.6. The third-order valence-electron chi connectivity index (χ3n) is 2.23. The minimum absolute atomic E-state index is 0.145. The quantitative estimate of drug-likeness (QED) is 0.809. The Morgan fingerprint density at radius 1 is 1.33 bits per heavy atom. The predicted octanol–water partition coefficient (Wildman–Crippen LogP) is 2.75. The van der Waals surface area contributed by atoms with E-state index < -0.39 is 9.84 Å². The number of fused-ring (bicyclic) bond motifs is 1. The van der Waals surface area contributed by atoms with Gasteiger partial charge in [0.15, 0.2) is 9.84 Å². The van der Waals surface area contributed by atoms with E-state index in [4.69, 9.17) is 0 Å². The molecule has 0 atom stereocenters. The molecule has 0 saturated heterocycles. The minimum atomic E-state index is -2.93. The van der Waals surface area contributed by atoms with Gasteiger partial charge in [-0.25, -0.2) is 8.42 Å². The van der Waals surface area contributed by atoms with Crippen molar-refractivity contribution in [3.8, 4) is 0 Å². The number of hydrogen-bond acceptors (Lipinski definition) is 3. The third kappa shape index (κ3) is 2.38. The van der Waals surface area contributed by atoms with Gasteiger partial charge in [0, 0.05) is 15.8 Å². The van der Waals surface area contributed by atoms with Crippen LogP contribution in [0.3, 0.4) is 0 Å². The highest BCUT2D eigenvalue weighted by Crippen LogP contribution is 2.28. The molecule has 80 valence electrons. The molecule has 0 aliphatic heterocycles. The summed E-state index contributed by atoms with van der Waals surface area (Å²) in [6.07, 6.45) is 1.27. The van der Waals surface area contributed by atoms with Crippen LogP contribution in [-0.4, -0.2) is 14.7 Å². The van der Waals surface area contributed by atoms with Crippen molar-refractivity contribution in [3.63, 3.8) is 0 Å². The van der Waals surface area contributed by atoms with E-state index in [0.29, 0.717) is 0 Å². The molecule has 0 N–H and O–H groups in total. The molecule has 0 saturated carbocycles. The minimum Gasteiger partial charge on any atom is -0.229 e. The summed E-state index contributed by atoms with van der Waals surface area (Å²) in [5.74, 6) is 0.145. The van der Waals surface area contributed by atoms with Crippen molar-refractivity contribution in [1.29, 1.82) is 0 Å². The standard InChI is InChI=1S/C11H12O2S2/c1-8-4-3-5-11-10(8)6-9(14-11)7-15(2,12)13/h3-6H,7H2,1-2H3. The highest BCUT2D eigenvalue weighted by atomic mass is 32.2. The van der Waals surface area contributed by atoms with Crippen molar-refractivity contribution in [2.75, 3.05) is 6.26 Å². The number of aryl methyl sites for hydroxylation is 1. The SMILES string of the molecule is Cc1cccc2sc(CS(C)(=O)=O)cc12. The van der Waals surface area contributed by atoms with Gasteiger partial charge in [0.25, 0.3) is 0 Å². The van der Waals surface area contributed by atoms with Crippen LogP contribution >= 0.6 is 11.3 Å². The van der Waals surface area contributed by atoms with E-state index in [1.165, 1.54) is 17.2 Å². The van der Waals surface area contributed by atoms with Crippen LogP contribution in [0.1, 0.15) is 10.4 Å². The lowest BCUT2D eigenvalue weighted by molar-refractivity contribution is 0.601. The molecule has 1 heterocycles. The van der Waals surface area contributed by atoms with Gasteiger partial charge in [-0.05, 0) is 30.0 Å². The van der Waals surface area contributed by atoms with Crippen LogP contribution in [0.5, 0.6) is 0 Å². The summed E-state index contributed by atoms with van der Waals surface area (Å²) in [7, 11) is -2.93. The summed E-state index contributed by atoms with van der Waals surface area (Å²) in [5, 5.41) is 1.17. The molecule has 0 fully saturated rings. The molecular formula is C11H12O2S2. The van der Waals surface area contributed by atoms with Crippen molar-refractivity contribution in [2.24, 2.45) is 0 Å². The molecule has 0 spiro atoms. The number of benzene rings is 1. The molecule has 4 heteroatoms. The first-order valence-electron chi connectivity index (χ1n) is 4.61. The molecule has 0 aliphatic carbocycles. The largest absolute Gasteiger partial charge is 0.229 e. The Labute approximate surface area is 93.5 Å². The zero-order chi connectivity index (χ0) is 11.1. The van der Waals surface area contributed by atoms with Gasteiger partial charge >= 0.3 is 0 Å². The van der Waals surface area contributed by atoms with Crippen LogP contribution < -0.4 is 0 Å². The van der Waals surface area contributed by atoms with Crippen molar-refractivity contribution in [1.82, 2.24) is 0 Å². The monoisotopic (exact) mass is 240 g/mol. The first-order valence-corrected chi connectivity index (χ1v) is 7.49. The maximum Gasteiger partial charge on any atom is 0.152 e. The first-order chi connectivity index (χ1) is 6.96. The number of thiophene rings is 1. The van der Waals surface area contributed by atoms with E-state index in [1.807, 2.05) is 31.2 Å². The van der Waals surface area contributed by atoms with Crippen molar-refractivity contribution in [2.45, 2.75) is 12.7 Å². The van der Waals surface area contributed by atoms with Gasteiger partial charge in [-0.2, -0.15) is 0 Å². The maximum absolute atomic E-state index is 11.2.